The van der Waals surface area contributed by atoms with Crippen molar-refractivity contribution in [1.82, 2.24) is 9.80 Å². The van der Waals surface area contributed by atoms with E-state index >= 15 is 0 Å². The van der Waals surface area contributed by atoms with E-state index in [1.165, 1.54) is 4.90 Å². The average molecular weight is 470 g/mol. The average Bonchev–Trinajstić information content (AvgIpc) is 2.54. The molecule has 0 spiro atoms. The molecule has 0 aliphatic carbocycles. The number of benzene rings is 1. The van der Waals surface area contributed by atoms with E-state index in [0.717, 1.165) is 16.2 Å². The monoisotopic (exact) mass is 470 g/mol. The quantitative estimate of drug-likeness (QED) is 0.690. The third-order valence-corrected chi connectivity index (χ3v) is 5.30. The minimum atomic E-state index is -4.93. The van der Waals surface area contributed by atoms with Crippen molar-refractivity contribution in [2.75, 3.05) is 26.7 Å². The van der Waals surface area contributed by atoms with Crippen molar-refractivity contribution in [3.8, 4) is 0 Å². The number of likely N-dealkylation sites (N-methyl/N-ethyl adjacent to an activating group) is 1. The molecule has 25 heavy (non-hydrogen) atoms. The van der Waals surface area contributed by atoms with Crippen LogP contribution in [0.5, 0.6) is 0 Å². The topological polar surface area (TPSA) is 60.9 Å². The number of rotatable bonds is 3. The fraction of sp³-hybridized carbons (Fsp3) is 0.500. The highest BCUT2D eigenvalue weighted by molar-refractivity contribution is 14.1. The zero-order chi connectivity index (χ0) is 18.8. The number of halogens is 4. The number of carbonyl (C=O) groups is 2. The fourth-order valence-corrected chi connectivity index (χ4v) is 3.57. The smallest absolute Gasteiger partial charge is 0.465 e. The number of piperidine rings is 1. The fourth-order valence-electron chi connectivity index (χ4n) is 3.21. The molecule has 1 saturated heterocycles. The van der Waals surface area contributed by atoms with Gasteiger partial charge in [0.1, 0.15) is 0 Å². The van der Waals surface area contributed by atoms with Crippen LogP contribution in [0.25, 0.3) is 0 Å². The van der Waals surface area contributed by atoms with E-state index in [4.69, 9.17) is 5.11 Å². The maximum absolute atomic E-state index is 12.7. The van der Waals surface area contributed by atoms with Gasteiger partial charge in [0, 0.05) is 35.7 Å². The van der Waals surface area contributed by atoms with Crippen molar-refractivity contribution in [3.63, 3.8) is 0 Å². The third kappa shape index (κ3) is 4.56. The molecule has 1 N–H and O–H groups in total. The number of amides is 2. The Kier molecular flexibility index (Phi) is 5.85. The lowest BCUT2D eigenvalue weighted by Gasteiger charge is -2.43. The van der Waals surface area contributed by atoms with Gasteiger partial charge < -0.3 is 14.9 Å². The Morgan fingerprint density at radius 1 is 1.24 bits per heavy atom. The second kappa shape index (κ2) is 7.38. The highest BCUT2D eigenvalue weighted by Gasteiger charge is 2.45. The van der Waals surface area contributed by atoms with E-state index in [1.807, 2.05) is 24.3 Å². The molecule has 0 saturated carbocycles. The van der Waals surface area contributed by atoms with Crippen molar-refractivity contribution in [2.45, 2.75) is 24.4 Å². The van der Waals surface area contributed by atoms with E-state index in [2.05, 4.69) is 22.6 Å². The van der Waals surface area contributed by atoms with Crippen molar-refractivity contribution in [3.05, 3.63) is 33.4 Å². The van der Waals surface area contributed by atoms with Gasteiger partial charge in [0.05, 0.1) is 0 Å². The molecule has 1 aliphatic rings. The molecule has 2 rings (SSSR count). The summed E-state index contributed by atoms with van der Waals surface area (Å²) in [5.74, 6) is -1.89. The van der Waals surface area contributed by atoms with Gasteiger partial charge in [-0.1, -0.05) is 12.1 Å². The number of nitrogens with zero attached hydrogens (tertiary/aromatic N) is 2. The van der Waals surface area contributed by atoms with Crippen molar-refractivity contribution in [2.24, 2.45) is 0 Å². The van der Waals surface area contributed by atoms with Crippen LogP contribution in [-0.4, -0.2) is 59.8 Å². The molecule has 0 atom stereocenters. The molecule has 1 aliphatic heterocycles. The molecule has 2 amide bonds. The number of alkyl halides is 3. The predicted molar refractivity (Wildman–Crippen MR) is 93.4 cm³/mol. The van der Waals surface area contributed by atoms with Crippen LogP contribution in [0.4, 0.5) is 18.0 Å². The first-order chi connectivity index (χ1) is 11.5. The first-order valence-corrected chi connectivity index (χ1v) is 8.69. The summed E-state index contributed by atoms with van der Waals surface area (Å²) in [6.07, 6.45) is -5.26. The Labute approximate surface area is 156 Å². The third-order valence-electron chi connectivity index (χ3n) is 4.58. The summed E-state index contributed by atoms with van der Waals surface area (Å²) in [5.41, 5.74) is 0.117. The maximum Gasteiger partial charge on any atom is 0.471 e. The van der Waals surface area contributed by atoms with Crippen LogP contribution in [0.1, 0.15) is 18.4 Å². The molecular formula is C16H18F3IN2O3. The van der Waals surface area contributed by atoms with Crippen LogP contribution < -0.4 is 0 Å². The normalized spacial score (nSPS) is 17.2. The van der Waals surface area contributed by atoms with Gasteiger partial charge in [0.25, 0.3) is 0 Å². The Hall–Kier alpha value is -1.52. The zero-order valence-corrected chi connectivity index (χ0v) is 15.7. The molecular weight excluding hydrogens is 452 g/mol. The molecule has 0 aromatic heterocycles. The molecule has 1 aromatic carbocycles. The van der Waals surface area contributed by atoms with Crippen LogP contribution in [0.3, 0.4) is 0 Å². The summed E-state index contributed by atoms with van der Waals surface area (Å²) in [6, 6.07) is 7.38. The number of carboxylic acid groups (broad SMARTS) is 1. The maximum atomic E-state index is 12.7. The molecule has 0 unspecified atom stereocenters. The van der Waals surface area contributed by atoms with Crippen LogP contribution in [0, 0.1) is 3.57 Å². The molecule has 1 aromatic rings. The van der Waals surface area contributed by atoms with E-state index in [9.17, 15) is 22.8 Å². The predicted octanol–water partition coefficient (Wildman–Crippen LogP) is 3.32. The summed E-state index contributed by atoms with van der Waals surface area (Å²) in [4.78, 5) is 24.6. The van der Waals surface area contributed by atoms with Crippen molar-refractivity contribution in [1.29, 1.82) is 0 Å². The first-order valence-electron chi connectivity index (χ1n) is 7.61. The Morgan fingerprint density at radius 2 is 1.76 bits per heavy atom. The number of carbonyl (C=O) groups excluding carboxylic acids is 1. The largest absolute Gasteiger partial charge is 0.471 e. The molecule has 9 heteroatoms. The van der Waals surface area contributed by atoms with Gasteiger partial charge in [-0.3, -0.25) is 4.79 Å². The van der Waals surface area contributed by atoms with Gasteiger partial charge in [0.2, 0.25) is 0 Å². The molecule has 0 bridgehead atoms. The molecule has 1 fully saturated rings. The van der Waals surface area contributed by atoms with Crippen LogP contribution in [-0.2, 0) is 10.2 Å². The Morgan fingerprint density at radius 3 is 2.20 bits per heavy atom. The SMILES string of the molecule is CN(CC1(c2ccc(I)cc2)CCN(C(=O)O)CC1)C(=O)C(F)(F)F. The van der Waals surface area contributed by atoms with Gasteiger partial charge in [-0.15, -0.1) is 0 Å². The molecule has 138 valence electrons. The molecule has 0 radical (unpaired) electrons. The summed E-state index contributed by atoms with van der Waals surface area (Å²) in [5, 5.41) is 9.10. The van der Waals surface area contributed by atoms with Crippen molar-refractivity contribution >= 4 is 34.6 Å². The van der Waals surface area contributed by atoms with Gasteiger partial charge in [-0.25, -0.2) is 4.79 Å². The molecule has 5 nitrogen and oxygen atoms in total. The summed E-state index contributed by atoms with van der Waals surface area (Å²) in [7, 11) is 1.13. The Bertz CT molecular complexity index is 641. The van der Waals surface area contributed by atoms with Crippen LogP contribution in [0.2, 0.25) is 0 Å². The summed E-state index contributed by atoms with van der Waals surface area (Å²) in [6.45, 7) is 0.324. The minimum absolute atomic E-state index is 0.112. The second-order valence-corrected chi connectivity index (χ2v) is 7.46. The Balaban J connectivity index is 2.29. The van der Waals surface area contributed by atoms with E-state index in [-0.39, 0.29) is 19.6 Å². The number of hydrogen-bond acceptors (Lipinski definition) is 2. The van der Waals surface area contributed by atoms with Gasteiger partial charge in [0.15, 0.2) is 0 Å². The molecule has 1 heterocycles. The van der Waals surface area contributed by atoms with Gasteiger partial charge in [-0.2, -0.15) is 13.2 Å². The lowest BCUT2D eigenvalue weighted by molar-refractivity contribution is -0.185. The zero-order valence-electron chi connectivity index (χ0n) is 13.5. The summed E-state index contributed by atoms with van der Waals surface area (Å²) < 4.78 is 39.2. The van der Waals surface area contributed by atoms with E-state index in [1.54, 1.807) is 0 Å². The number of hydrogen-bond donors (Lipinski definition) is 1. The lowest BCUT2D eigenvalue weighted by Crippen LogP contribution is -2.52. The number of likely N-dealkylation sites (tertiary alicyclic amines) is 1. The van der Waals surface area contributed by atoms with Crippen LogP contribution >= 0.6 is 22.6 Å². The highest BCUT2D eigenvalue weighted by atomic mass is 127. The highest BCUT2D eigenvalue weighted by Crippen LogP contribution is 2.37. The lowest BCUT2D eigenvalue weighted by atomic mass is 9.72. The van der Waals surface area contributed by atoms with Gasteiger partial charge >= 0.3 is 18.2 Å². The van der Waals surface area contributed by atoms with E-state index < -0.39 is 23.6 Å². The standard InChI is InChI=1S/C16H18F3IN2O3/c1-21(13(23)16(17,18)19)10-15(11-2-4-12(20)5-3-11)6-8-22(9-7-15)14(24)25/h2-5H,6-10H2,1H3,(H,24,25). The second-order valence-electron chi connectivity index (χ2n) is 6.22. The van der Waals surface area contributed by atoms with E-state index in [0.29, 0.717) is 17.7 Å². The first kappa shape index (κ1) is 19.8. The summed E-state index contributed by atoms with van der Waals surface area (Å²) >= 11 is 2.13. The van der Waals surface area contributed by atoms with Gasteiger partial charge in [-0.05, 0) is 53.1 Å². The van der Waals surface area contributed by atoms with Crippen LogP contribution in [0.15, 0.2) is 24.3 Å². The van der Waals surface area contributed by atoms with Crippen molar-refractivity contribution < 1.29 is 27.9 Å². The minimum Gasteiger partial charge on any atom is -0.465 e.